The summed E-state index contributed by atoms with van der Waals surface area (Å²) in [6.45, 7) is 9.79. The van der Waals surface area contributed by atoms with E-state index in [2.05, 4.69) is 13.2 Å². The number of hydrogen-bond donors (Lipinski definition) is 0. The molecule has 1 rings (SSSR count). The summed E-state index contributed by atoms with van der Waals surface area (Å²) in [5, 5.41) is 10.8. The van der Waals surface area contributed by atoms with Crippen molar-refractivity contribution in [3.05, 3.63) is 62.3 Å². The maximum absolute atomic E-state index is 11.7. The predicted molar refractivity (Wildman–Crippen MR) is 87.6 cm³/mol. The van der Waals surface area contributed by atoms with Crippen molar-refractivity contribution < 1.29 is 20.6 Å². The minimum absolute atomic E-state index is 0.138. The van der Waals surface area contributed by atoms with Crippen molar-refractivity contribution >= 4 is 38.3 Å². The van der Waals surface area contributed by atoms with Crippen LogP contribution in [0.2, 0.25) is 0 Å². The van der Waals surface area contributed by atoms with Crippen LogP contribution in [0.5, 0.6) is 0 Å². The summed E-state index contributed by atoms with van der Waals surface area (Å²) < 4.78 is 10.6. The number of nitro groups is 1. The molecule has 0 bridgehead atoms. The van der Waals surface area contributed by atoms with Gasteiger partial charge < -0.3 is 0 Å². The molecule has 0 fully saturated rings. The van der Waals surface area contributed by atoms with Gasteiger partial charge in [0, 0.05) is 0 Å². The summed E-state index contributed by atoms with van der Waals surface area (Å²) in [6, 6.07) is 5.46. The molecule has 7 nitrogen and oxygen atoms in total. The number of halogens is 1. The Balaban J connectivity index is 3.13. The third kappa shape index (κ3) is 4.95. The number of rotatable bonds is 6. The van der Waals surface area contributed by atoms with Gasteiger partial charge in [-0.25, -0.2) is 0 Å². The third-order valence-electron chi connectivity index (χ3n) is 2.17. The van der Waals surface area contributed by atoms with Crippen molar-refractivity contribution in [2.75, 3.05) is 0 Å². The summed E-state index contributed by atoms with van der Waals surface area (Å²) in [5.74, 6) is -1.43. The van der Waals surface area contributed by atoms with E-state index in [-0.39, 0.29) is 16.8 Å². The molecule has 0 aliphatic rings. The molecule has 0 amide bonds. The van der Waals surface area contributed by atoms with E-state index in [1.807, 2.05) is 0 Å². The Morgan fingerprint density at radius 1 is 1.14 bits per heavy atom. The van der Waals surface area contributed by atoms with E-state index >= 15 is 0 Å². The average Bonchev–Trinajstić information content (AvgIpc) is 2.46. The fraction of sp³-hybridized carbons (Fsp3) is 0.143. The fourth-order valence-corrected chi connectivity index (χ4v) is 4.20. The van der Waals surface area contributed by atoms with Crippen LogP contribution in [0.4, 0.5) is 5.69 Å². The maximum atomic E-state index is 11.7. The molecule has 0 saturated carbocycles. The Kier molecular flexibility index (Phi) is 6.23. The van der Waals surface area contributed by atoms with E-state index < -0.39 is 37.5 Å². The molecule has 22 heavy (non-hydrogen) atoms. The SMILES string of the molecule is C=C(C)C(=O)OI(OC(=O)C(=C)C)c1cccc([N+](=O)[O-])c1. The number of hydrogen-bond acceptors (Lipinski definition) is 6. The van der Waals surface area contributed by atoms with Crippen molar-refractivity contribution in [3.63, 3.8) is 0 Å². The first kappa shape index (κ1) is 17.8. The molecule has 118 valence electrons. The number of carbonyl (C=O) groups excluding carboxylic acids is 2. The zero-order chi connectivity index (χ0) is 16.9. The van der Waals surface area contributed by atoms with E-state index in [1.54, 1.807) is 0 Å². The topological polar surface area (TPSA) is 95.7 Å². The van der Waals surface area contributed by atoms with Crippen LogP contribution in [-0.4, -0.2) is 16.9 Å². The Morgan fingerprint density at radius 3 is 2.05 bits per heavy atom. The number of carbonyl (C=O) groups is 2. The second kappa shape index (κ2) is 7.69. The molecule has 0 aromatic heterocycles. The second-order valence-electron chi connectivity index (χ2n) is 4.24. The van der Waals surface area contributed by atoms with Gasteiger partial charge in [-0.1, -0.05) is 0 Å². The van der Waals surface area contributed by atoms with Gasteiger partial charge >= 0.3 is 135 Å². The molecule has 0 spiro atoms. The van der Waals surface area contributed by atoms with Crippen LogP contribution in [0.3, 0.4) is 0 Å². The Labute approximate surface area is 135 Å². The van der Waals surface area contributed by atoms with Crippen LogP contribution in [0, 0.1) is 13.7 Å². The van der Waals surface area contributed by atoms with E-state index in [9.17, 15) is 19.7 Å². The monoisotopic (exact) mass is 419 g/mol. The third-order valence-corrected chi connectivity index (χ3v) is 5.46. The molecule has 1 aromatic carbocycles. The van der Waals surface area contributed by atoms with E-state index in [0.29, 0.717) is 3.57 Å². The van der Waals surface area contributed by atoms with Gasteiger partial charge in [0.25, 0.3) is 0 Å². The van der Waals surface area contributed by atoms with E-state index in [0.717, 1.165) is 0 Å². The quantitative estimate of drug-likeness (QED) is 0.304. The molecule has 0 unspecified atom stereocenters. The van der Waals surface area contributed by atoms with Gasteiger partial charge in [0.2, 0.25) is 0 Å². The van der Waals surface area contributed by atoms with Crippen molar-refractivity contribution in [1.29, 1.82) is 0 Å². The van der Waals surface area contributed by atoms with Crippen LogP contribution in [0.15, 0.2) is 48.6 Å². The standard InChI is InChI=1S/C14H14INO6/c1-9(2)13(17)21-15(22-14(18)10(3)4)11-6-5-7-12(8-11)16(19)20/h5-8H,1,3H2,2,4H3. The average molecular weight is 419 g/mol. The molecular formula is C14H14INO6. The molecular weight excluding hydrogens is 405 g/mol. The molecule has 0 aliphatic heterocycles. The van der Waals surface area contributed by atoms with Gasteiger partial charge in [0.15, 0.2) is 0 Å². The van der Waals surface area contributed by atoms with Crippen molar-refractivity contribution in [2.24, 2.45) is 0 Å². The van der Waals surface area contributed by atoms with Crippen LogP contribution < -0.4 is 0 Å². The van der Waals surface area contributed by atoms with Gasteiger partial charge in [-0.3, -0.25) is 0 Å². The Bertz CT molecular complexity index is 626. The number of nitrogens with zero attached hydrogens (tertiary/aromatic N) is 1. The first-order chi connectivity index (χ1) is 10.2. The number of nitro benzene ring substituents is 1. The summed E-state index contributed by atoms with van der Waals surface area (Å²) in [5.41, 5.74) is 0.0933. The molecule has 0 heterocycles. The van der Waals surface area contributed by atoms with Crippen LogP contribution >= 0.6 is 20.6 Å². The molecule has 1 aromatic rings. The van der Waals surface area contributed by atoms with Crippen molar-refractivity contribution in [1.82, 2.24) is 0 Å². The predicted octanol–water partition coefficient (Wildman–Crippen LogP) is 3.34. The Hall–Kier alpha value is -2.23. The molecule has 0 N–H and O–H groups in total. The van der Waals surface area contributed by atoms with Gasteiger partial charge in [-0.2, -0.15) is 0 Å². The first-order valence-electron chi connectivity index (χ1n) is 5.93. The van der Waals surface area contributed by atoms with Crippen LogP contribution in [0.25, 0.3) is 0 Å². The van der Waals surface area contributed by atoms with Gasteiger partial charge in [0.05, 0.1) is 0 Å². The van der Waals surface area contributed by atoms with Gasteiger partial charge in [-0.05, 0) is 0 Å². The van der Waals surface area contributed by atoms with Gasteiger partial charge in [-0.15, -0.1) is 0 Å². The Morgan fingerprint density at radius 2 is 1.64 bits per heavy atom. The fourth-order valence-electron chi connectivity index (χ4n) is 1.05. The molecule has 8 heteroatoms. The van der Waals surface area contributed by atoms with E-state index in [4.69, 9.17) is 6.13 Å². The van der Waals surface area contributed by atoms with Crippen molar-refractivity contribution in [3.8, 4) is 0 Å². The van der Waals surface area contributed by atoms with Crippen LogP contribution in [0.1, 0.15) is 13.8 Å². The summed E-state index contributed by atoms with van der Waals surface area (Å²) in [6.07, 6.45) is 0. The number of non-ortho nitro benzene ring substituents is 1. The first-order valence-corrected chi connectivity index (χ1v) is 8.77. The second-order valence-corrected chi connectivity index (χ2v) is 7.61. The summed E-state index contributed by atoms with van der Waals surface area (Å²) >= 11 is -3.22. The zero-order valence-electron chi connectivity index (χ0n) is 12.0. The molecule has 0 radical (unpaired) electrons. The van der Waals surface area contributed by atoms with Crippen molar-refractivity contribution in [2.45, 2.75) is 13.8 Å². The number of benzene rings is 1. The molecule has 0 atom stereocenters. The minimum atomic E-state index is -3.22. The molecule has 0 aliphatic carbocycles. The van der Waals surface area contributed by atoms with Crippen LogP contribution in [-0.2, 0) is 15.7 Å². The zero-order valence-corrected chi connectivity index (χ0v) is 14.2. The molecule has 0 saturated heterocycles. The summed E-state index contributed by atoms with van der Waals surface area (Å²) in [4.78, 5) is 33.6. The van der Waals surface area contributed by atoms with E-state index in [1.165, 1.54) is 38.1 Å². The summed E-state index contributed by atoms with van der Waals surface area (Å²) in [7, 11) is 0. The van der Waals surface area contributed by atoms with Gasteiger partial charge in [0.1, 0.15) is 0 Å². The normalized spacial score (nSPS) is 10.4.